The first-order valence-electron chi connectivity index (χ1n) is 8.52. The van der Waals surface area contributed by atoms with Crippen molar-refractivity contribution in [1.29, 1.82) is 0 Å². The van der Waals surface area contributed by atoms with Crippen molar-refractivity contribution in [2.24, 2.45) is 0 Å². The minimum atomic E-state index is -0.211. The van der Waals surface area contributed by atoms with Crippen molar-refractivity contribution in [3.8, 4) is 10.6 Å². The van der Waals surface area contributed by atoms with Gasteiger partial charge in [-0.1, -0.05) is 35.5 Å². The fourth-order valence-corrected chi connectivity index (χ4v) is 4.01. The van der Waals surface area contributed by atoms with Gasteiger partial charge in [0.05, 0.1) is 27.2 Å². The molecule has 0 aliphatic heterocycles. The molecule has 27 heavy (non-hydrogen) atoms. The molecule has 0 radical (unpaired) electrons. The van der Waals surface area contributed by atoms with Gasteiger partial charge in [-0.3, -0.25) is 4.79 Å². The summed E-state index contributed by atoms with van der Waals surface area (Å²) >= 11 is 1.66. The Morgan fingerprint density at radius 2 is 1.74 bits per heavy atom. The Hall–Kier alpha value is -3.38. The third kappa shape index (κ3) is 2.62. The fraction of sp³-hybridized carbons (Fsp3) is 0.0476. The van der Waals surface area contributed by atoms with Gasteiger partial charge in [0.1, 0.15) is 5.52 Å². The number of carbonyl (C=O) groups is 1. The maximum absolute atomic E-state index is 13.4. The van der Waals surface area contributed by atoms with Gasteiger partial charge in [-0.15, -0.1) is 16.4 Å². The van der Waals surface area contributed by atoms with Gasteiger partial charge >= 0.3 is 0 Å². The number of hydrogen-bond donors (Lipinski definition) is 0. The summed E-state index contributed by atoms with van der Waals surface area (Å²) in [7, 11) is 0. The molecule has 6 heteroatoms. The molecular formula is C21H14N4OS. The van der Waals surface area contributed by atoms with Crippen LogP contribution in [0.4, 0.5) is 0 Å². The fourth-order valence-electron chi connectivity index (χ4n) is 3.18. The molecule has 0 unspecified atom stereocenters. The normalized spacial score (nSPS) is 11.3. The minimum absolute atomic E-state index is 0.211. The first kappa shape index (κ1) is 15.8. The van der Waals surface area contributed by atoms with Gasteiger partial charge in [-0.05, 0) is 43.3 Å². The second kappa shape index (κ2) is 6.10. The molecule has 0 amide bonds. The Balaban J connectivity index is 1.75. The predicted molar refractivity (Wildman–Crippen MR) is 107 cm³/mol. The van der Waals surface area contributed by atoms with Crippen LogP contribution in [0.1, 0.15) is 15.2 Å². The quantitative estimate of drug-likeness (QED) is 0.452. The zero-order chi connectivity index (χ0) is 18.4. The monoisotopic (exact) mass is 370 g/mol. The Morgan fingerprint density at radius 3 is 2.56 bits per heavy atom. The molecule has 0 saturated heterocycles. The number of thiophene rings is 1. The van der Waals surface area contributed by atoms with E-state index >= 15 is 0 Å². The second-order valence-electron chi connectivity index (χ2n) is 6.28. The van der Waals surface area contributed by atoms with E-state index in [4.69, 9.17) is 4.98 Å². The first-order valence-corrected chi connectivity index (χ1v) is 9.34. The highest BCUT2D eigenvalue weighted by molar-refractivity contribution is 7.15. The molecule has 5 rings (SSSR count). The minimum Gasteiger partial charge on any atom is -0.267 e. The predicted octanol–water partition coefficient (Wildman–Crippen LogP) is 4.70. The summed E-state index contributed by atoms with van der Waals surface area (Å²) in [6.45, 7) is 2.06. The van der Waals surface area contributed by atoms with Crippen molar-refractivity contribution in [2.45, 2.75) is 6.92 Å². The molecule has 0 fully saturated rings. The summed E-state index contributed by atoms with van der Waals surface area (Å²) in [5.41, 5.74) is 3.53. The number of pyridine rings is 1. The van der Waals surface area contributed by atoms with E-state index in [1.54, 1.807) is 11.3 Å². The highest BCUT2D eigenvalue weighted by Crippen LogP contribution is 2.30. The van der Waals surface area contributed by atoms with Crippen LogP contribution in [-0.2, 0) is 0 Å². The van der Waals surface area contributed by atoms with Gasteiger partial charge < -0.3 is 0 Å². The van der Waals surface area contributed by atoms with E-state index in [-0.39, 0.29) is 5.91 Å². The molecule has 0 bridgehead atoms. The lowest BCUT2D eigenvalue weighted by Gasteiger charge is -2.08. The molecule has 5 aromatic rings. The van der Waals surface area contributed by atoms with E-state index in [2.05, 4.69) is 23.3 Å². The number of benzene rings is 2. The lowest BCUT2D eigenvalue weighted by Crippen LogP contribution is -2.14. The molecule has 0 aliphatic carbocycles. The van der Waals surface area contributed by atoms with Gasteiger partial charge in [0.15, 0.2) is 0 Å². The standard InChI is InChI=1S/C21H14N4OS/c1-13-10-11-20(27-13)18-12-15(14-6-2-3-7-16(14)22-18)21(26)25-19-9-5-4-8-17(19)23-24-25/h2-12H,1H3. The van der Waals surface area contributed by atoms with Crippen LogP contribution in [0.5, 0.6) is 0 Å². The topological polar surface area (TPSA) is 60.7 Å². The van der Waals surface area contributed by atoms with Crippen LogP contribution in [-0.4, -0.2) is 25.9 Å². The lowest BCUT2D eigenvalue weighted by molar-refractivity contribution is 0.0950. The Labute approximate surface area is 158 Å². The summed E-state index contributed by atoms with van der Waals surface area (Å²) < 4.78 is 1.36. The smallest absolute Gasteiger partial charge is 0.267 e. The number of rotatable bonds is 2. The van der Waals surface area contributed by atoms with Crippen LogP contribution >= 0.6 is 11.3 Å². The number of hydrogen-bond acceptors (Lipinski definition) is 5. The first-order chi connectivity index (χ1) is 13.2. The van der Waals surface area contributed by atoms with Crippen LogP contribution in [0.15, 0.2) is 66.7 Å². The van der Waals surface area contributed by atoms with Crippen molar-refractivity contribution in [2.75, 3.05) is 0 Å². The van der Waals surface area contributed by atoms with Crippen molar-refractivity contribution in [3.63, 3.8) is 0 Å². The molecule has 5 nitrogen and oxygen atoms in total. The van der Waals surface area contributed by atoms with Gasteiger partial charge in [-0.2, -0.15) is 4.68 Å². The zero-order valence-corrected chi connectivity index (χ0v) is 15.3. The summed E-state index contributed by atoms with van der Waals surface area (Å²) in [5.74, 6) is -0.211. The molecule has 0 aliphatic rings. The number of carbonyl (C=O) groups excluding carboxylic acids is 1. The van der Waals surface area contributed by atoms with E-state index in [9.17, 15) is 4.79 Å². The average Bonchev–Trinajstić information content (AvgIpc) is 3.33. The maximum atomic E-state index is 13.4. The van der Waals surface area contributed by atoms with E-state index in [1.807, 2.05) is 60.7 Å². The van der Waals surface area contributed by atoms with Crippen LogP contribution in [0.3, 0.4) is 0 Å². The molecule has 2 aromatic carbocycles. The molecular weight excluding hydrogens is 356 g/mol. The van der Waals surface area contributed by atoms with Crippen molar-refractivity contribution in [1.82, 2.24) is 20.0 Å². The largest absolute Gasteiger partial charge is 0.280 e. The van der Waals surface area contributed by atoms with E-state index in [1.165, 1.54) is 9.56 Å². The molecule has 0 atom stereocenters. The van der Waals surface area contributed by atoms with Crippen LogP contribution in [0.25, 0.3) is 32.5 Å². The zero-order valence-electron chi connectivity index (χ0n) is 14.5. The summed E-state index contributed by atoms with van der Waals surface area (Å²) in [4.78, 5) is 20.4. The van der Waals surface area contributed by atoms with E-state index in [0.29, 0.717) is 16.6 Å². The van der Waals surface area contributed by atoms with Gasteiger partial charge in [0, 0.05) is 10.3 Å². The lowest BCUT2D eigenvalue weighted by atomic mass is 10.1. The Kier molecular flexibility index (Phi) is 3.58. The molecule has 3 heterocycles. The Morgan fingerprint density at radius 1 is 0.963 bits per heavy atom. The molecule has 0 spiro atoms. The third-order valence-corrected chi connectivity index (χ3v) is 5.51. The second-order valence-corrected chi connectivity index (χ2v) is 7.57. The van der Waals surface area contributed by atoms with E-state index < -0.39 is 0 Å². The number of nitrogens with zero attached hydrogens (tertiary/aromatic N) is 4. The molecule has 130 valence electrons. The maximum Gasteiger partial charge on any atom is 0.280 e. The van der Waals surface area contributed by atoms with Crippen LogP contribution < -0.4 is 0 Å². The van der Waals surface area contributed by atoms with Gasteiger partial charge in [0.2, 0.25) is 0 Å². The number of para-hydroxylation sites is 2. The van der Waals surface area contributed by atoms with Crippen LogP contribution in [0.2, 0.25) is 0 Å². The third-order valence-electron chi connectivity index (χ3n) is 4.48. The summed E-state index contributed by atoms with van der Waals surface area (Å²) in [5, 5.41) is 9.00. The van der Waals surface area contributed by atoms with E-state index in [0.717, 1.165) is 21.5 Å². The summed E-state index contributed by atoms with van der Waals surface area (Å²) in [6, 6.07) is 21.1. The van der Waals surface area contributed by atoms with Crippen molar-refractivity contribution in [3.05, 3.63) is 77.2 Å². The van der Waals surface area contributed by atoms with Gasteiger partial charge in [0.25, 0.3) is 5.91 Å². The van der Waals surface area contributed by atoms with Crippen molar-refractivity contribution < 1.29 is 4.79 Å². The highest BCUT2D eigenvalue weighted by Gasteiger charge is 2.19. The molecule has 0 N–H and O–H groups in total. The number of fused-ring (bicyclic) bond motifs is 2. The average molecular weight is 370 g/mol. The number of aromatic nitrogens is 4. The summed E-state index contributed by atoms with van der Waals surface area (Å²) in [6.07, 6.45) is 0. The SMILES string of the molecule is Cc1ccc(-c2cc(C(=O)n3nnc4ccccc43)c3ccccc3n2)s1. The highest BCUT2D eigenvalue weighted by atomic mass is 32.1. The molecule has 0 saturated carbocycles. The van der Waals surface area contributed by atoms with Gasteiger partial charge in [-0.25, -0.2) is 4.98 Å². The molecule has 3 aromatic heterocycles. The van der Waals surface area contributed by atoms with Crippen LogP contribution in [0, 0.1) is 6.92 Å². The Bertz CT molecular complexity index is 1320. The number of aryl methyl sites for hydroxylation is 1. The van der Waals surface area contributed by atoms with Crippen molar-refractivity contribution >= 4 is 39.2 Å².